The lowest BCUT2D eigenvalue weighted by Crippen LogP contribution is -2.34. The third kappa shape index (κ3) is 5.64. The number of methoxy groups -OCH3 is 1. The second-order valence-corrected chi connectivity index (χ2v) is 11.8. The lowest BCUT2D eigenvalue weighted by atomic mass is 9.96. The van der Waals surface area contributed by atoms with Gasteiger partial charge in [-0.2, -0.15) is 0 Å². The van der Waals surface area contributed by atoms with Gasteiger partial charge in [0.1, 0.15) is 10.6 Å². The Labute approximate surface area is 196 Å². The Morgan fingerprint density at radius 3 is 2.25 bits per heavy atom. The molecule has 2 N–H and O–H groups in total. The van der Waals surface area contributed by atoms with E-state index in [1.54, 1.807) is 23.5 Å². The van der Waals surface area contributed by atoms with Crippen LogP contribution in [0.3, 0.4) is 0 Å². The van der Waals surface area contributed by atoms with E-state index in [0.717, 1.165) is 46.9 Å². The molecule has 1 aromatic carbocycles. The molecule has 32 heavy (non-hydrogen) atoms. The molecule has 1 heterocycles. The number of aromatic nitrogens is 1. The van der Waals surface area contributed by atoms with Gasteiger partial charge in [-0.3, -0.25) is 0 Å². The van der Waals surface area contributed by atoms with Crippen LogP contribution in [-0.2, 0) is 10.0 Å². The van der Waals surface area contributed by atoms with E-state index in [-0.39, 0.29) is 10.9 Å². The van der Waals surface area contributed by atoms with Gasteiger partial charge < -0.3 is 10.1 Å². The molecule has 4 rings (SSSR count). The SMILES string of the molecule is COc1ccc(-c2sc(NC3CCCCC3)nc2C)cc1S(=O)(=O)NC1CCCCCC1. The summed E-state index contributed by atoms with van der Waals surface area (Å²) in [5, 5.41) is 4.51. The van der Waals surface area contributed by atoms with Crippen molar-refractivity contribution in [3.8, 4) is 16.2 Å². The van der Waals surface area contributed by atoms with Crippen molar-refractivity contribution < 1.29 is 13.2 Å². The van der Waals surface area contributed by atoms with Crippen LogP contribution in [0, 0.1) is 6.92 Å². The molecule has 0 amide bonds. The number of nitrogens with zero attached hydrogens (tertiary/aromatic N) is 1. The Bertz CT molecular complexity index is 1010. The van der Waals surface area contributed by atoms with Crippen molar-refractivity contribution in [2.24, 2.45) is 0 Å². The zero-order valence-electron chi connectivity index (χ0n) is 19.2. The molecule has 2 aliphatic carbocycles. The van der Waals surface area contributed by atoms with Crippen LogP contribution in [0.5, 0.6) is 5.75 Å². The monoisotopic (exact) mass is 477 g/mol. The zero-order valence-corrected chi connectivity index (χ0v) is 20.8. The van der Waals surface area contributed by atoms with Gasteiger partial charge >= 0.3 is 0 Å². The van der Waals surface area contributed by atoms with Crippen molar-refractivity contribution in [2.75, 3.05) is 12.4 Å². The van der Waals surface area contributed by atoms with Crippen molar-refractivity contribution in [3.63, 3.8) is 0 Å². The highest BCUT2D eigenvalue weighted by atomic mass is 32.2. The summed E-state index contributed by atoms with van der Waals surface area (Å²) in [4.78, 5) is 5.93. The summed E-state index contributed by atoms with van der Waals surface area (Å²) in [6.45, 7) is 1.99. The van der Waals surface area contributed by atoms with Gasteiger partial charge in [0.15, 0.2) is 5.13 Å². The van der Waals surface area contributed by atoms with Crippen molar-refractivity contribution in [2.45, 2.75) is 94.5 Å². The minimum absolute atomic E-state index is 0.00713. The van der Waals surface area contributed by atoms with E-state index in [1.165, 1.54) is 52.1 Å². The van der Waals surface area contributed by atoms with Crippen molar-refractivity contribution >= 4 is 26.5 Å². The molecule has 0 spiro atoms. The zero-order chi connectivity index (χ0) is 22.6. The van der Waals surface area contributed by atoms with Crippen LogP contribution >= 0.6 is 11.3 Å². The highest BCUT2D eigenvalue weighted by Crippen LogP contribution is 2.37. The summed E-state index contributed by atoms with van der Waals surface area (Å²) in [5.74, 6) is 0.373. The summed E-state index contributed by atoms with van der Waals surface area (Å²) in [7, 11) is -2.17. The molecule has 0 saturated heterocycles. The smallest absolute Gasteiger partial charge is 0.244 e. The number of nitrogens with one attached hydrogen (secondary N) is 2. The van der Waals surface area contributed by atoms with E-state index in [1.807, 2.05) is 13.0 Å². The van der Waals surface area contributed by atoms with E-state index in [4.69, 9.17) is 9.72 Å². The van der Waals surface area contributed by atoms with Crippen LogP contribution in [0.25, 0.3) is 10.4 Å². The first-order valence-corrected chi connectivity index (χ1v) is 14.2. The fourth-order valence-electron chi connectivity index (χ4n) is 4.86. The molecule has 0 unspecified atom stereocenters. The highest BCUT2D eigenvalue weighted by molar-refractivity contribution is 7.89. The summed E-state index contributed by atoms with van der Waals surface area (Å²) in [6, 6.07) is 5.90. The molecule has 1 aromatic heterocycles. The van der Waals surface area contributed by atoms with Gasteiger partial charge in [0.2, 0.25) is 10.0 Å². The molecule has 2 fully saturated rings. The normalized spacial score (nSPS) is 18.9. The Balaban J connectivity index is 1.59. The predicted molar refractivity (Wildman–Crippen MR) is 131 cm³/mol. The first-order chi connectivity index (χ1) is 15.5. The molecular weight excluding hydrogens is 442 g/mol. The molecule has 2 aliphatic rings. The van der Waals surface area contributed by atoms with Gasteiger partial charge in [-0.1, -0.05) is 56.3 Å². The lowest BCUT2D eigenvalue weighted by molar-refractivity contribution is 0.401. The van der Waals surface area contributed by atoms with Gasteiger partial charge in [-0.05, 0) is 56.4 Å². The van der Waals surface area contributed by atoms with Gasteiger partial charge in [-0.15, -0.1) is 0 Å². The van der Waals surface area contributed by atoms with Crippen LogP contribution in [0.1, 0.15) is 76.3 Å². The van der Waals surface area contributed by atoms with Crippen LogP contribution < -0.4 is 14.8 Å². The number of ether oxygens (including phenoxy) is 1. The molecular formula is C24H35N3O3S2. The summed E-state index contributed by atoms with van der Waals surface area (Å²) in [6.07, 6.45) is 12.5. The first kappa shape index (κ1) is 23.5. The second kappa shape index (κ2) is 10.5. The molecule has 6 nitrogen and oxygen atoms in total. The largest absolute Gasteiger partial charge is 0.495 e. The number of rotatable bonds is 7. The van der Waals surface area contributed by atoms with E-state index < -0.39 is 10.0 Å². The van der Waals surface area contributed by atoms with Crippen LogP contribution in [0.2, 0.25) is 0 Å². The highest BCUT2D eigenvalue weighted by Gasteiger charge is 2.26. The number of sulfonamides is 1. The summed E-state index contributed by atoms with van der Waals surface area (Å²) in [5.41, 5.74) is 1.78. The van der Waals surface area contributed by atoms with Gasteiger partial charge in [0.25, 0.3) is 0 Å². The Morgan fingerprint density at radius 2 is 1.59 bits per heavy atom. The van der Waals surface area contributed by atoms with Crippen LogP contribution in [0.4, 0.5) is 5.13 Å². The Kier molecular flexibility index (Phi) is 7.74. The fourth-order valence-corrected chi connectivity index (χ4v) is 7.40. The molecule has 2 saturated carbocycles. The number of hydrogen-bond acceptors (Lipinski definition) is 6. The van der Waals surface area contributed by atoms with Gasteiger partial charge in [-0.25, -0.2) is 18.1 Å². The van der Waals surface area contributed by atoms with Gasteiger partial charge in [0.05, 0.1) is 17.7 Å². The summed E-state index contributed by atoms with van der Waals surface area (Å²) >= 11 is 1.60. The van der Waals surface area contributed by atoms with E-state index >= 15 is 0 Å². The molecule has 176 valence electrons. The average Bonchev–Trinajstić information content (AvgIpc) is 2.97. The standard InChI is InChI=1S/C24H35N3O3S2/c1-17-23(31-24(25-17)26-19-10-8-5-9-11-19)18-14-15-21(30-2)22(16-18)32(28,29)27-20-12-6-3-4-7-13-20/h14-16,19-20,27H,3-13H2,1-2H3,(H,25,26). The first-order valence-electron chi connectivity index (χ1n) is 11.9. The number of thiazole rings is 1. The minimum atomic E-state index is -3.68. The van der Waals surface area contributed by atoms with Crippen LogP contribution in [-0.4, -0.2) is 32.6 Å². The topological polar surface area (TPSA) is 80.3 Å². The molecule has 0 bridgehead atoms. The molecule has 8 heteroatoms. The Hall–Kier alpha value is -1.64. The van der Waals surface area contributed by atoms with Crippen LogP contribution in [0.15, 0.2) is 23.1 Å². The van der Waals surface area contributed by atoms with E-state index in [0.29, 0.717) is 11.8 Å². The predicted octanol–water partition coefficient (Wildman–Crippen LogP) is 5.87. The summed E-state index contributed by atoms with van der Waals surface area (Å²) < 4.78 is 35.0. The van der Waals surface area contributed by atoms with Gasteiger partial charge in [0, 0.05) is 12.1 Å². The number of benzene rings is 1. The molecule has 2 aromatic rings. The maximum absolute atomic E-state index is 13.3. The maximum atomic E-state index is 13.3. The molecule has 0 radical (unpaired) electrons. The fraction of sp³-hybridized carbons (Fsp3) is 0.625. The van der Waals surface area contributed by atoms with Crippen molar-refractivity contribution in [1.29, 1.82) is 0 Å². The second-order valence-electron chi connectivity index (χ2n) is 9.09. The average molecular weight is 478 g/mol. The lowest BCUT2D eigenvalue weighted by Gasteiger charge is -2.22. The molecule has 0 atom stereocenters. The Morgan fingerprint density at radius 1 is 0.969 bits per heavy atom. The minimum Gasteiger partial charge on any atom is -0.495 e. The number of anilines is 1. The van der Waals surface area contributed by atoms with Crippen molar-refractivity contribution in [3.05, 3.63) is 23.9 Å². The number of hydrogen-bond donors (Lipinski definition) is 2. The molecule has 0 aliphatic heterocycles. The third-order valence-corrected chi connectivity index (χ3v) is 9.30. The maximum Gasteiger partial charge on any atom is 0.244 e. The van der Waals surface area contributed by atoms with E-state index in [9.17, 15) is 8.42 Å². The van der Waals surface area contributed by atoms with E-state index in [2.05, 4.69) is 10.0 Å². The third-order valence-electron chi connectivity index (χ3n) is 6.62. The van der Waals surface area contributed by atoms with Crippen molar-refractivity contribution in [1.82, 2.24) is 9.71 Å². The number of aryl methyl sites for hydroxylation is 1. The quantitative estimate of drug-likeness (QED) is 0.487.